The zero-order valence-corrected chi connectivity index (χ0v) is 14.7. The molecule has 0 saturated carbocycles. The lowest BCUT2D eigenvalue weighted by Crippen LogP contribution is -2.57. The van der Waals surface area contributed by atoms with E-state index in [9.17, 15) is 19.5 Å². The molecule has 2 amide bonds. The van der Waals surface area contributed by atoms with Crippen LogP contribution in [0.3, 0.4) is 0 Å². The molecule has 2 aromatic heterocycles. The Morgan fingerprint density at radius 3 is 2.96 bits per heavy atom. The average molecular weight is 373 g/mol. The molecule has 9 heteroatoms. The normalized spacial score (nSPS) is 21.5. The van der Waals surface area contributed by atoms with Crippen LogP contribution >= 0.6 is 0 Å². The summed E-state index contributed by atoms with van der Waals surface area (Å²) in [5.74, 6) is -1.83. The van der Waals surface area contributed by atoms with Gasteiger partial charge in [0.25, 0.3) is 11.8 Å². The summed E-state index contributed by atoms with van der Waals surface area (Å²) in [4.78, 5) is 39.3. The third-order valence-corrected chi connectivity index (χ3v) is 4.95. The fourth-order valence-corrected chi connectivity index (χ4v) is 3.49. The molecule has 2 N–H and O–H groups in total. The van der Waals surface area contributed by atoms with Crippen molar-refractivity contribution < 1.29 is 23.8 Å². The van der Waals surface area contributed by atoms with Crippen molar-refractivity contribution in [3.05, 3.63) is 51.8 Å². The molecule has 1 unspecified atom stereocenters. The maximum atomic E-state index is 12.8. The number of nitrogens with one attached hydrogen (secondary N) is 1. The zero-order chi connectivity index (χ0) is 19.1. The molecular formula is C18H19N3O6. The highest BCUT2D eigenvalue weighted by Crippen LogP contribution is 2.29. The van der Waals surface area contributed by atoms with Crippen LogP contribution in [-0.4, -0.2) is 45.3 Å². The van der Waals surface area contributed by atoms with Crippen LogP contribution in [0.15, 0.2) is 34.0 Å². The van der Waals surface area contributed by atoms with Gasteiger partial charge >= 0.3 is 0 Å². The zero-order valence-electron chi connectivity index (χ0n) is 14.7. The Hall–Kier alpha value is -3.07. The fraction of sp³-hybridized carbons (Fsp3) is 0.389. The number of carbonyl (C=O) groups excluding carboxylic acids is 2. The number of pyridine rings is 1. The van der Waals surface area contributed by atoms with Gasteiger partial charge in [-0.05, 0) is 19.4 Å². The van der Waals surface area contributed by atoms with E-state index in [4.69, 9.17) is 9.15 Å². The molecule has 2 atom stereocenters. The lowest BCUT2D eigenvalue weighted by molar-refractivity contribution is -0.112. The van der Waals surface area contributed by atoms with Crippen LogP contribution in [0.25, 0.3) is 0 Å². The second-order valence-corrected chi connectivity index (χ2v) is 6.71. The first-order chi connectivity index (χ1) is 13.0. The first-order valence-electron chi connectivity index (χ1n) is 8.67. The summed E-state index contributed by atoms with van der Waals surface area (Å²) < 4.78 is 12.0. The molecule has 2 aromatic rings. The fourth-order valence-electron chi connectivity index (χ4n) is 3.49. The van der Waals surface area contributed by atoms with Crippen LogP contribution in [0.1, 0.15) is 39.8 Å². The molecular weight excluding hydrogens is 354 g/mol. The SMILES string of the molecule is C[C@@H]1CCOC2Cn3cc(C(=O)NCc4ccoc4)c(=O)c(O)c3C(=O)N21. The minimum absolute atomic E-state index is 0.0579. The Morgan fingerprint density at radius 1 is 1.41 bits per heavy atom. The number of hydrogen-bond donors (Lipinski definition) is 2. The van der Waals surface area contributed by atoms with Crippen molar-refractivity contribution in [1.82, 2.24) is 14.8 Å². The summed E-state index contributed by atoms with van der Waals surface area (Å²) >= 11 is 0. The van der Waals surface area contributed by atoms with E-state index in [0.29, 0.717) is 13.0 Å². The van der Waals surface area contributed by atoms with Gasteiger partial charge in [-0.1, -0.05) is 0 Å². The van der Waals surface area contributed by atoms with Gasteiger partial charge in [-0.3, -0.25) is 14.4 Å². The first-order valence-corrected chi connectivity index (χ1v) is 8.67. The van der Waals surface area contributed by atoms with Crippen molar-refractivity contribution in [2.24, 2.45) is 0 Å². The predicted octanol–water partition coefficient (Wildman–Crippen LogP) is 0.668. The molecule has 0 aromatic carbocycles. The van der Waals surface area contributed by atoms with Crippen LogP contribution < -0.4 is 10.7 Å². The smallest absolute Gasteiger partial charge is 0.276 e. The second-order valence-electron chi connectivity index (χ2n) is 6.71. The van der Waals surface area contributed by atoms with Crippen LogP contribution in [0, 0.1) is 0 Å². The predicted molar refractivity (Wildman–Crippen MR) is 92.2 cm³/mol. The van der Waals surface area contributed by atoms with Crippen molar-refractivity contribution in [2.75, 3.05) is 6.61 Å². The Bertz CT molecular complexity index is 949. The van der Waals surface area contributed by atoms with Gasteiger partial charge in [0.15, 0.2) is 17.7 Å². The number of carbonyl (C=O) groups is 2. The molecule has 1 saturated heterocycles. The molecule has 1 fully saturated rings. The summed E-state index contributed by atoms with van der Waals surface area (Å²) in [6.45, 7) is 2.83. The van der Waals surface area contributed by atoms with Gasteiger partial charge in [-0.25, -0.2) is 0 Å². The molecule has 0 radical (unpaired) electrons. The van der Waals surface area contributed by atoms with Crippen LogP contribution in [-0.2, 0) is 17.8 Å². The molecule has 0 bridgehead atoms. The molecule has 0 aliphatic carbocycles. The lowest BCUT2D eigenvalue weighted by Gasteiger charge is -2.44. The van der Waals surface area contributed by atoms with Crippen LogP contribution in [0.5, 0.6) is 5.75 Å². The number of nitrogens with zero attached hydrogens (tertiary/aromatic N) is 2. The van der Waals surface area contributed by atoms with E-state index in [1.807, 2.05) is 6.92 Å². The monoisotopic (exact) mass is 373 g/mol. The summed E-state index contributed by atoms with van der Waals surface area (Å²) in [7, 11) is 0. The number of rotatable bonds is 3. The highest BCUT2D eigenvalue weighted by Gasteiger charge is 2.40. The molecule has 27 heavy (non-hydrogen) atoms. The van der Waals surface area contributed by atoms with E-state index in [2.05, 4.69) is 5.32 Å². The Morgan fingerprint density at radius 2 is 2.22 bits per heavy atom. The van der Waals surface area contributed by atoms with Crippen molar-refractivity contribution in [1.29, 1.82) is 0 Å². The van der Waals surface area contributed by atoms with Crippen molar-refractivity contribution in [3.63, 3.8) is 0 Å². The number of hydrogen-bond acceptors (Lipinski definition) is 6. The number of amides is 2. The van der Waals surface area contributed by atoms with Gasteiger partial charge in [0.1, 0.15) is 5.56 Å². The topological polar surface area (TPSA) is 114 Å². The van der Waals surface area contributed by atoms with E-state index in [1.54, 1.807) is 6.07 Å². The maximum absolute atomic E-state index is 12.8. The number of ether oxygens (including phenoxy) is 1. The van der Waals surface area contributed by atoms with E-state index in [-0.39, 0.29) is 30.4 Å². The average Bonchev–Trinajstić information content (AvgIpc) is 3.16. The van der Waals surface area contributed by atoms with Gasteiger partial charge in [0.2, 0.25) is 5.43 Å². The molecule has 4 heterocycles. The summed E-state index contributed by atoms with van der Waals surface area (Å²) in [6, 6.07) is 1.63. The number of aromatic hydroxyl groups is 1. The quantitative estimate of drug-likeness (QED) is 0.817. The van der Waals surface area contributed by atoms with Crippen molar-refractivity contribution in [3.8, 4) is 5.75 Å². The number of aromatic nitrogens is 1. The van der Waals surface area contributed by atoms with Crippen molar-refractivity contribution >= 4 is 11.8 Å². The van der Waals surface area contributed by atoms with Crippen molar-refractivity contribution in [2.45, 2.75) is 38.7 Å². The van der Waals surface area contributed by atoms with E-state index in [1.165, 1.54) is 28.2 Å². The highest BCUT2D eigenvalue weighted by atomic mass is 16.5. The van der Waals surface area contributed by atoms with Gasteiger partial charge < -0.3 is 29.0 Å². The molecule has 2 aliphatic heterocycles. The Kier molecular flexibility index (Phi) is 4.23. The summed E-state index contributed by atoms with van der Waals surface area (Å²) in [5.41, 5.74) is -0.478. The van der Waals surface area contributed by atoms with Gasteiger partial charge in [-0.2, -0.15) is 0 Å². The Balaban J connectivity index is 1.67. The minimum Gasteiger partial charge on any atom is -0.503 e. The largest absolute Gasteiger partial charge is 0.503 e. The third kappa shape index (κ3) is 2.89. The molecule has 4 rings (SSSR count). The number of fused-ring (bicyclic) bond motifs is 2. The van der Waals surface area contributed by atoms with Crippen LogP contribution in [0.2, 0.25) is 0 Å². The van der Waals surface area contributed by atoms with E-state index in [0.717, 1.165) is 5.56 Å². The molecule has 0 spiro atoms. The molecule has 142 valence electrons. The highest BCUT2D eigenvalue weighted by molar-refractivity contribution is 5.99. The maximum Gasteiger partial charge on any atom is 0.276 e. The molecule has 2 aliphatic rings. The van der Waals surface area contributed by atoms with Gasteiger partial charge in [0.05, 0.1) is 25.7 Å². The van der Waals surface area contributed by atoms with Crippen LogP contribution in [0.4, 0.5) is 0 Å². The van der Waals surface area contributed by atoms with Gasteiger partial charge in [-0.15, -0.1) is 0 Å². The third-order valence-electron chi connectivity index (χ3n) is 4.95. The minimum atomic E-state index is -0.872. The summed E-state index contributed by atoms with van der Waals surface area (Å²) in [6.07, 6.45) is 4.45. The lowest BCUT2D eigenvalue weighted by atomic mass is 10.1. The summed E-state index contributed by atoms with van der Waals surface area (Å²) in [5, 5.41) is 13.0. The first kappa shape index (κ1) is 17.3. The molecule has 9 nitrogen and oxygen atoms in total. The standard InChI is InChI=1S/C18H19N3O6/c1-10-2-5-27-13-8-20-7-12(17(24)19-6-11-3-4-26-9-11)15(22)16(23)14(20)18(25)21(10)13/h3-4,7,9-10,13,23H,2,5-6,8H2,1H3,(H,19,24)/t10-,13?/m1/s1. The van der Waals surface area contributed by atoms with Gasteiger partial charge in [0, 0.05) is 24.3 Å². The van der Waals surface area contributed by atoms with E-state index >= 15 is 0 Å². The number of furan rings is 1. The Labute approximate surface area is 154 Å². The second kappa shape index (κ2) is 6.58. The van der Waals surface area contributed by atoms with E-state index < -0.39 is 29.2 Å².